The molecule has 1 aromatic heterocycles. The Labute approximate surface area is 188 Å². The zero-order chi connectivity index (χ0) is 23.5. The number of rotatable bonds is 7. The summed E-state index contributed by atoms with van der Waals surface area (Å²) in [6.07, 6.45) is 2.38. The molecule has 0 radical (unpaired) electrons. The van der Waals surface area contributed by atoms with E-state index < -0.39 is 10.0 Å². The normalized spacial score (nSPS) is 15.4. The van der Waals surface area contributed by atoms with E-state index in [9.17, 15) is 18.0 Å². The quantitative estimate of drug-likeness (QED) is 0.661. The molecule has 11 heteroatoms. The van der Waals surface area contributed by atoms with Crippen LogP contribution in [0.3, 0.4) is 0 Å². The van der Waals surface area contributed by atoms with Crippen LogP contribution in [-0.4, -0.2) is 72.8 Å². The molecular formula is C21H29N5O5S. The van der Waals surface area contributed by atoms with Gasteiger partial charge < -0.3 is 19.5 Å². The fraction of sp³-hybridized carbons (Fsp3) is 0.476. The molecule has 2 aromatic rings. The second kappa shape index (κ2) is 9.70. The van der Waals surface area contributed by atoms with Crippen LogP contribution < -0.4 is 10.1 Å². The van der Waals surface area contributed by atoms with Crippen LogP contribution in [0.1, 0.15) is 18.7 Å². The van der Waals surface area contributed by atoms with Gasteiger partial charge in [-0.3, -0.25) is 9.59 Å². The molecule has 2 heterocycles. The molecule has 1 aliphatic rings. The number of sulfonamides is 1. The third-order valence-electron chi connectivity index (χ3n) is 5.50. The van der Waals surface area contributed by atoms with Crippen molar-refractivity contribution in [2.75, 3.05) is 39.1 Å². The molecule has 3 rings (SSSR count). The van der Waals surface area contributed by atoms with Gasteiger partial charge in [0.25, 0.3) is 15.9 Å². The number of benzene rings is 1. The van der Waals surface area contributed by atoms with Crippen LogP contribution in [0.5, 0.6) is 5.75 Å². The topological polar surface area (TPSA) is 114 Å². The first-order valence-corrected chi connectivity index (χ1v) is 11.8. The molecule has 174 valence electrons. The Balaban J connectivity index is 1.51. The van der Waals surface area contributed by atoms with E-state index in [0.29, 0.717) is 30.1 Å². The predicted molar refractivity (Wildman–Crippen MR) is 119 cm³/mol. The van der Waals surface area contributed by atoms with Gasteiger partial charge in [0, 0.05) is 52.0 Å². The number of carbonyl (C=O) groups excluding carboxylic acids is 2. The van der Waals surface area contributed by atoms with Crippen LogP contribution >= 0.6 is 0 Å². The van der Waals surface area contributed by atoms with Crippen LogP contribution in [0.4, 0.5) is 5.69 Å². The summed E-state index contributed by atoms with van der Waals surface area (Å²) < 4.78 is 34.1. The molecule has 1 fully saturated rings. The number of hydrogen-bond acceptors (Lipinski definition) is 6. The Hall–Kier alpha value is -2.92. The molecule has 0 unspecified atom stereocenters. The molecule has 1 N–H and O–H groups in total. The Morgan fingerprint density at radius 1 is 1.19 bits per heavy atom. The zero-order valence-corrected chi connectivity index (χ0v) is 19.6. The Kier molecular flexibility index (Phi) is 7.19. The minimum Gasteiger partial charge on any atom is -0.484 e. The number of likely N-dealkylation sites (N-methyl/N-ethyl adjacent to an activating group) is 1. The number of imidazole rings is 1. The number of ether oxygens (including phenoxy) is 1. The van der Waals surface area contributed by atoms with Gasteiger partial charge in [-0.25, -0.2) is 13.4 Å². The fourth-order valence-electron chi connectivity index (χ4n) is 3.29. The van der Waals surface area contributed by atoms with Crippen LogP contribution in [0.2, 0.25) is 0 Å². The molecule has 0 atom stereocenters. The second-order valence-electron chi connectivity index (χ2n) is 8.01. The van der Waals surface area contributed by atoms with Crippen LogP contribution in [-0.2, 0) is 26.7 Å². The van der Waals surface area contributed by atoms with Crippen molar-refractivity contribution in [3.8, 4) is 5.75 Å². The first-order chi connectivity index (χ1) is 15.1. The summed E-state index contributed by atoms with van der Waals surface area (Å²) in [5.74, 6) is 0.585. The Morgan fingerprint density at radius 3 is 2.34 bits per heavy atom. The number of nitrogens with one attached hydrogen (secondary N) is 1. The van der Waals surface area contributed by atoms with E-state index in [1.54, 1.807) is 56.9 Å². The largest absolute Gasteiger partial charge is 0.484 e. The maximum Gasteiger partial charge on any atom is 0.262 e. The van der Waals surface area contributed by atoms with E-state index in [0.717, 1.165) is 0 Å². The van der Waals surface area contributed by atoms with Crippen molar-refractivity contribution in [3.05, 3.63) is 36.3 Å². The fourth-order valence-corrected chi connectivity index (χ4v) is 4.79. The highest BCUT2D eigenvalue weighted by atomic mass is 32.2. The maximum absolute atomic E-state index is 12.8. The third kappa shape index (κ3) is 5.46. The van der Waals surface area contributed by atoms with Gasteiger partial charge in [0.1, 0.15) is 11.6 Å². The standard InChI is InChI=1S/C21H29N5O5S/c1-15-22-19(13-25(15)4)32(29,30)26-11-9-16(10-12-26)21(28)23-17-5-7-18(8-6-17)31-14-20(27)24(2)3/h5-8,13,16H,9-12,14H2,1-4H3,(H,23,28). The average Bonchev–Trinajstić information content (AvgIpc) is 3.12. The second-order valence-corrected chi connectivity index (χ2v) is 9.89. The summed E-state index contributed by atoms with van der Waals surface area (Å²) in [5, 5.41) is 2.90. The number of anilines is 1. The molecule has 1 aromatic carbocycles. The monoisotopic (exact) mass is 463 g/mol. The Bertz CT molecular complexity index is 1050. The van der Waals surface area contributed by atoms with Crippen LogP contribution in [0, 0.1) is 12.8 Å². The van der Waals surface area contributed by atoms with Gasteiger partial charge in [-0.15, -0.1) is 0 Å². The number of amides is 2. The average molecular weight is 464 g/mol. The van der Waals surface area contributed by atoms with E-state index in [2.05, 4.69) is 10.3 Å². The molecule has 1 saturated heterocycles. The van der Waals surface area contributed by atoms with E-state index in [1.807, 2.05) is 0 Å². The van der Waals surface area contributed by atoms with Gasteiger partial charge in [0.2, 0.25) is 5.91 Å². The number of carbonyl (C=O) groups is 2. The van der Waals surface area contributed by atoms with Gasteiger partial charge >= 0.3 is 0 Å². The van der Waals surface area contributed by atoms with Gasteiger partial charge in [0.05, 0.1) is 0 Å². The first kappa shape index (κ1) is 23.7. The highest BCUT2D eigenvalue weighted by molar-refractivity contribution is 7.89. The summed E-state index contributed by atoms with van der Waals surface area (Å²) in [7, 11) is 1.40. The lowest BCUT2D eigenvalue weighted by Gasteiger charge is -2.29. The minimum atomic E-state index is -3.66. The predicted octanol–water partition coefficient (Wildman–Crippen LogP) is 1.23. The molecule has 0 bridgehead atoms. The summed E-state index contributed by atoms with van der Waals surface area (Å²) >= 11 is 0. The molecule has 10 nitrogen and oxygen atoms in total. The van der Waals surface area contributed by atoms with Gasteiger partial charge in [-0.05, 0) is 44.0 Å². The summed E-state index contributed by atoms with van der Waals surface area (Å²) in [4.78, 5) is 29.8. The molecule has 2 amide bonds. The van der Waals surface area contributed by atoms with Crippen LogP contribution in [0.15, 0.2) is 35.5 Å². The number of aromatic nitrogens is 2. The van der Waals surface area contributed by atoms with E-state index in [-0.39, 0.29) is 42.5 Å². The SMILES string of the molecule is Cc1nc(S(=O)(=O)N2CCC(C(=O)Nc3ccc(OCC(=O)N(C)C)cc3)CC2)cn1C. The highest BCUT2D eigenvalue weighted by Crippen LogP contribution is 2.25. The number of nitrogens with zero attached hydrogens (tertiary/aromatic N) is 4. The van der Waals surface area contributed by atoms with Gasteiger partial charge in [0.15, 0.2) is 11.6 Å². The summed E-state index contributed by atoms with van der Waals surface area (Å²) in [6, 6.07) is 6.78. The van der Waals surface area contributed by atoms with E-state index in [1.165, 1.54) is 15.4 Å². The van der Waals surface area contributed by atoms with Crippen molar-refractivity contribution in [3.63, 3.8) is 0 Å². The van der Waals surface area contributed by atoms with E-state index >= 15 is 0 Å². The smallest absolute Gasteiger partial charge is 0.262 e. The minimum absolute atomic E-state index is 0.0370. The molecule has 0 spiro atoms. The molecule has 0 saturated carbocycles. The van der Waals surface area contributed by atoms with Crippen molar-refractivity contribution in [1.29, 1.82) is 0 Å². The summed E-state index contributed by atoms with van der Waals surface area (Å²) in [5.41, 5.74) is 0.611. The maximum atomic E-state index is 12.8. The van der Waals surface area contributed by atoms with Crippen molar-refractivity contribution >= 4 is 27.5 Å². The van der Waals surface area contributed by atoms with Crippen molar-refractivity contribution in [2.24, 2.45) is 13.0 Å². The highest BCUT2D eigenvalue weighted by Gasteiger charge is 2.33. The zero-order valence-electron chi connectivity index (χ0n) is 18.7. The van der Waals surface area contributed by atoms with Crippen LogP contribution in [0.25, 0.3) is 0 Å². The molecule has 1 aliphatic heterocycles. The molecule has 32 heavy (non-hydrogen) atoms. The van der Waals surface area contributed by atoms with Crippen molar-refractivity contribution in [2.45, 2.75) is 24.8 Å². The molecular weight excluding hydrogens is 434 g/mol. The van der Waals surface area contributed by atoms with Gasteiger partial charge in [-0.1, -0.05) is 0 Å². The van der Waals surface area contributed by atoms with Crippen molar-refractivity contribution in [1.82, 2.24) is 18.8 Å². The first-order valence-electron chi connectivity index (χ1n) is 10.3. The number of piperidine rings is 1. The molecule has 0 aliphatic carbocycles. The number of hydrogen-bond donors (Lipinski definition) is 1. The Morgan fingerprint density at radius 2 is 1.81 bits per heavy atom. The lowest BCUT2D eigenvalue weighted by Crippen LogP contribution is -2.41. The lowest BCUT2D eigenvalue weighted by atomic mass is 9.97. The van der Waals surface area contributed by atoms with Crippen molar-refractivity contribution < 1.29 is 22.7 Å². The lowest BCUT2D eigenvalue weighted by molar-refractivity contribution is -0.130. The summed E-state index contributed by atoms with van der Waals surface area (Å²) in [6.45, 7) is 2.22. The van der Waals surface area contributed by atoms with Gasteiger partial charge in [-0.2, -0.15) is 4.31 Å². The van der Waals surface area contributed by atoms with E-state index in [4.69, 9.17) is 4.74 Å². The number of aryl methyl sites for hydroxylation is 2. The third-order valence-corrected chi connectivity index (χ3v) is 7.27.